The molecule has 5 heteroatoms. The molecule has 0 saturated heterocycles. The summed E-state index contributed by atoms with van der Waals surface area (Å²) in [6.45, 7) is 5.85. The van der Waals surface area contributed by atoms with Crippen molar-refractivity contribution in [1.29, 1.82) is 0 Å². The smallest absolute Gasteiger partial charge is 0.238 e. The van der Waals surface area contributed by atoms with Crippen molar-refractivity contribution >= 4 is 11.6 Å². The number of carbonyl (C=O) groups excluding carboxylic acids is 1. The number of para-hydroxylation sites is 2. The van der Waals surface area contributed by atoms with Gasteiger partial charge in [-0.15, -0.1) is 0 Å². The number of carbonyl (C=O) groups is 1. The first-order valence-corrected chi connectivity index (χ1v) is 8.10. The van der Waals surface area contributed by atoms with E-state index in [1.807, 2.05) is 49.1 Å². The summed E-state index contributed by atoms with van der Waals surface area (Å²) in [7, 11) is 0. The summed E-state index contributed by atoms with van der Waals surface area (Å²) >= 11 is 0. The van der Waals surface area contributed by atoms with Crippen LogP contribution in [0.1, 0.15) is 19.4 Å². The quantitative estimate of drug-likeness (QED) is 0.803. The van der Waals surface area contributed by atoms with Gasteiger partial charge >= 0.3 is 0 Å². The maximum atomic E-state index is 13.3. The summed E-state index contributed by atoms with van der Waals surface area (Å²) < 4.78 is 18.8. The first kappa shape index (κ1) is 17.9. The van der Waals surface area contributed by atoms with Gasteiger partial charge in [-0.3, -0.25) is 9.69 Å². The van der Waals surface area contributed by atoms with Crippen LogP contribution in [0.5, 0.6) is 5.75 Å². The Balaban J connectivity index is 1.97. The highest BCUT2D eigenvalue weighted by Crippen LogP contribution is 2.23. The van der Waals surface area contributed by atoms with Crippen LogP contribution in [-0.4, -0.2) is 30.5 Å². The molecule has 0 radical (unpaired) electrons. The maximum absolute atomic E-state index is 13.3. The Morgan fingerprint density at radius 1 is 1.17 bits per heavy atom. The number of anilines is 1. The lowest BCUT2D eigenvalue weighted by Gasteiger charge is -2.20. The van der Waals surface area contributed by atoms with E-state index < -0.39 is 0 Å². The first-order valence-electron chi connectivity index (χ1n) is 8.10. The lowest BCUT2D eigenvalue weighted by atomic mass is 10.2. The number of halogens is 1. The number of amides is 1. The number of likely N-dealkylation sites (N-methyl/N-ethyl adjacent to an activating group) is 1. The van der Waals surface area contributed by atoms with Crippen molar-refractivity contribution in [3.8, 4) is 5.75 Å². The van der Waals surface area contributed by atoms with E-state index in [4.69, 9.17) is 4.74 Å². The third kappa shape index (κ3) is 5.35. The van der Waals surface area contributed by atoms with Crippen LogP contribution in [-0.2, 0) is 11.3 Å². The SMILES string of the molecule is CCOc1ccccc1NC(=O)CN(CC)Cc1cccc(F)c1. The molecule has 0 unspecified atom stereocenters. The zero-order chi connectivity index (χ0) is 17.4. The fourth-order valence-electron chi connectivity index (χ4n) is 2.42. The van der Waals surface area contributed by atoms with E-state index in [0.29, 0.717) is 31.1 Å². The molecule has 0 atom stereocenters. The molecule has 24 heavy (non-hydrogen) atoms. The highest BCUT2D eigenvalue weighted by Gasteiger charge is 2.12. The van der Waals surface area contributed by atoms with Gasteiger partial charge in [0.1, 0.15) is 11.6 Å². The van der Waals surface area contributed by atoms with E-state index in [-0.39, 0.29) is 18.3 Å². The molecule has 0 spiro atoms. The molecule has 128 valence electrons. The molecule has 2 aromatic rings. The van der Waals surface area contributed by atoms with Gasteiger partial charge in [0.25, 0.3) is 0 Å². The van der Waals surface area contributed by atoms with Gasteiger partial charge in [-0.1, -0.05) is 31.2 Å². The van der Waals surface area contributed by atoms with Crippen LogP contribution >= 0.6 is 0 Å². The fraction of sp³-hybridized carbons (Fsp3) is 0.316. The Hall–Kier alpha value is -2.40. The van der Waals surface area contributed by atoms with Gasteiger partial charge in [-0.25, -0.2) is 4.39 Å². The van der Waals surface area contributed by atoms with Crippen LogP contribution < -0.4 is 10.1 Å². The van der Waals surface area contributed by atoms with Gasteiger partial charge in [-0.05, 0) is 43.3 Å². The molecular formula is C19H23FN2O2. The zero-order valence-corrected chi connectivity index (χ0v) is 14.1. The van der Waals surface area contributed by atoms with Gasteiger partial charge < -0.3 is 10.1 Å². The standard InChI is InChI=1S/C19H23FN2O2/c1-3-22(13-15-8-7-9-16(20)12-15)14-19(23)21-17-10-5-6-11-18(17)24-4-2/h5-12H,3-4,13-14H2,1-2H3,(H,21,23). The van der Waals surface area contributed by atoms with Crippen molar-refractivity contribution in [2.24, 2.45) is 0 Å². The number of rotatable bonds is 8. The maximum Gasteiger partial charge on any atom is 0.238 e. The second-order valence-corrected chi connectivity index (χ2v) is 5.41. The Labute approximate surface area is 142 Å². The molecule has 0 aliphatic heterocycles. The molecule has 0 saturated carbocycles. The lowest BCUT2D eigenvalue weighted by molar-refractivity contribution is -0.117. The predicted molar refractivity (Wildman–Crippen MR) is 93.6 cm³/mol. The van der Waals surface area contributed by atoms with Crippen molar-refractivity contribution < 1.29 is 13.9 Å². The molecule has 4 nitrogen and oxygen atoms in total. The number of hydrogen-bond acceptors (Lipinski definition) is 3. The molecule has 0 aromatic heterocycles. The van der Waals surface area contributed by atoms with E-state index in [1.165, 1.54) is 12.1 Å². The Morgan fingerprint density at radius 2 is 1.96 bits per heavy atom. The molecule has 1 amide bonds. The molecule has 0 fully saturated rings. The van der Waals surface area contributed by atoms with E-state index in [9.17, 15) is 9.18 Å². The van der Waals surface area contributed by atoms with E-state index in [2.05, 4.69) is 5.32 Å². The van der Waals surface area contributed by atoms with Crippen molar-refractivity contribution in [2.75, 3.05) is 25.0 Å². The molecule has 2 rings (SSSR count). The Kier molecular flexibility index (Phi) is 6.75. The number of hydrogen-bond donors (Lipinski definition) is 1. The van der Waals surface area contributed by atoms with Crippen LogP contribution in [0.2, 0.25) is 0 Å². The molecule has 0 aliphatic rings. The average Bonchev–Trinajstić information content (AvgIpc) is 2.56. The van der Waals surface area contributed by atoms with Gasteiger partial charge in [0.15, 0.2) is 0 Å². The van der Waals surface area contributed by atoms with Crippen LogP contribution in [0, 0.1) is 5.82 Å². The molecule has 1 N–H and O–H groups in total. The van der Waals surface area contributed by atoms with Gasteiger partial charge in [-0.2, -0.15) is 0 Å². The number of nitrogens with zero attached hydrogens (tertiary/aromatic N) is 1. The van der Waals surface area contributed by atoms with Crippen molar-refractivity contribution in [2.45, 2.75) is 20.4 Å². The van der Waals surface area contributed by atoms with Crippen molar-refractivity contribution in [3.63, 3.8) is 0 Å². The molecular weight excluding hydrogens is 307 g/mol. The zero-order valence-electron chi connectivity index (χ0n) is 14.1. The highest BCUT2D eigenvalue weighted by atomic mass is 19.1. The van der Waals surface area contributed by atoms with Crippen LogP contribution in [0.3, 0.4) is 0 Å². The Morgan fingerprint density at radius 3 is 2.67 bits per heavy atom. The normalized spacial score (nSPS) is 10.7. The first-order chi connectivity index (χ1) is 11.6. The summed E-state index contributed by atoms with van der Waals surface area (Å²) in [5, 5.41) is 2.88. The monoisotopic (exact) mass is 330 g/mol. The number of benzene rings is 2. The fourth-order valence-corrected chi connectivity index (χ4v) is 2.42. The molecule has 0 aliphatic carbocycles. The van der Waals surface area contributed by atoms with Gasteiger partial charge in [0, 0.05) is 6.54 Å². The third-order valence-electron chi connectivity index (χ3n) is 3.57. The van der Waals surface area contributed by atoms with E-state index >= 15 is 0 Å². The minimum Gasteiger partial charge on any atom is -0.492 e. The summed E-state index contributed by atoms with van der Waals surface area (Å²) in [4.78, 5) is 14.3. The molecule has 2 aromatic carbocycles. The van der Waals surface area contributed by atoms with Crippen molar-refractivity contribution in [1.82, 2.24) is 4.90 Å². The number of nitrogens with one attached hydrogen (secondary N) is 1. The van der Waals surface area contributed by atoms with E-state index in [0.717, 1.165) is 5.56 Å². The summed E-state index contributed by atoms with van der Waals surface area (Å²) in [5.74, 6) is 0.264. The second-order valence-electron chi connectivity index (χ2n) is 5.41. The predicted octanol–water partition coefficient (Wildman–Crippen LogP) is 3.69. The Bertz CT molecular complexity index is 676. The van der Waals surface area contributed by atoms with E-state index in [1.54, 1.807) is 6.07 Å². The van der Waals surface area contributed by atoms with Gasteiger partial charge in [0.05, 0.1) is 18.8 Å². The van der Waals surface area contributed by atoms with Crippen molar-refractivity contribution in [3.05, 3.63) is 59.9 Å². The summed E-state index contributed by atoms with van der Waals surface area (Å²) in [6, 6.07) is 13.8. The largest absolute Gasteiger partial charge is 0.492 e. The third-order valence-corrected chi connectivity index (χ3v) is 3.57. The van der Waals surface area contributed by atoms with Crippen LogP contribution in [0.4, 0.5) is 10.1 Å². The molecule has 0 bridgehead atoms. The summed E-state index contributed by atoms with van der Waals surface area (Å²) in [5.41, 5.74) is 1.51. The van der Waals surface area contributed by atoms with Gasteiger partial charge in [0.2, 0.25) is 5.91 Å². The minimum atomic E-state index is -0.265. The molecule has 0 heterocycles. The lowest BCUT2D eigenvalue weighted by Crippen LogP contribution is -2.32. The summed E-state index contributed by atoms with van der Waals surface area (Å²) in [6.07, 6.45) is 0. The minimum absolute atomic E-state index is 0.125. The van der Waals surface area contributed by atoms with Crippen LogP contribution in [0.25, 0.3) is 0 Å². The highest BCUT2D eigenvalue weighted by molar-refractivity contribution is 5.93. The van der Waals surface area contributed by atoms with Crippen LogP contribution in [0.15, 0.2) is 48.5 Å². The average molecular weight is 330 g/mol. The topological polar surface area (TPSA) is 41.6 Å². The second kappa shape index (κ2) is 9.03. The number of ether oxygens (including phenoxy) is 1.